The highest BCUT2D eigenvalue weighted by molar-refractivity contribution is 6.30. The van der Waals surface area contributed by atoms with E-state index in [2.05, 4.69) is 10.2 Å². The zero-order chi connectivity index (χ0) is 26.1. The van der Waals surface area contributed by atoms with Gasteiger partial charge in [-0.25, -0.2) is 0 Å². The van der Waals surface area contributed by atoms with Crippen molar-refractivity contribution in [2.75, 3.05) is 26.1 Å². The minimum absolute atomic E-state index is 0.0983. The molecule has 7 nitrogen and oxygen atoms in total. The third-order valence-corrected chi connectivity index (χ3v) is 7.50. The first-order chi connectivity index (χ1) is 17.9. The fourth-order valence-electron chi connectivity index (χ4n) is 5.54. The van der Waals surface area contributed by atoms with Gasteiger partial charge in [0, 0.05) is 59.1 Å². The Labute approximate surface area is 221 Å². The van der Waals surface area contributed by atoms with Crippen molar-refractivity contribution in [3.8, 4) is 11.5 Å². The summed E-state index contributed by atoms with van der Waals surface area (Å²) in [4.78, 5) is 40.8. The molecule has 2 aromatic rings. The van der Waals surface area contributed by atoms with Gasteiger partial charge in [-0.1, -0.05) is 17.7 Å². The van der Waals surface area contributed by atoms with Crippen LogP contribution in [0.1, 0.15) is 50.0 Å². The number of hydrogen-bond acceptors (Lipinski definition) is 6. The summed E-state index contributed by atoms with van der Waals surface area (Å²) in [7, 11) is 3.51. The number of carbonyl (C=O) groups is 3. The third kappa shape index (κ3) is 4.88. The number of methoxy groups -OCH3 is 1. The minimum Gasteiger partial charge on any atom is -0.493 e. The Bertz CT molecular complexity index is 1280. The van der Waals surface area contributed by atoms with Gasteiger partial charge in [0.25, 0.3) is 5.91 Å². The van der Waals surface area contributed by atoms with Gasteiger partial charge in [0.15, 0.2) is 29.7 Å². The molecular weight excluding hydrogens is 492 g/mol. The fraction of sp³-hybridized carbons (Fsp3) is 0.345. The summed E-state index contributed by atoms with van der Waals surface area (Å²) in [6, 6.07) is 12.2. The Balaban J connectivity index is 1.43. The average molecular weight is 521 g/mol. The van der Waals surface area contributed by atoms with Gasteiger partial charge in [-0.2, -0.15) is 0 Å². The van der Waals surface area contributed by atoms with Crippen LogP contribution in [0.3, 0.4) is 0 Å². The minimum atomic E-state index is -0.419. The molecule has 8 heteroatoms. The number of rotatable bonds is 6. The fourth-order valence-corrected chi connectivity index (χ4v) is 5.67. The van der Waals surface area contributed by atoms with Crippen LogP contribution in [0.5, 0.6) is 11.5 Å². The van der Waals surface area contributed by atoms with Gasteiger partial charge in [-0.3, -0.25) is 14.4 Å². The van der Waals surface area contributed by atoms with Crippen molar-refractivity contribution in [2.45, 2.75) is 44.4 Å². The maximum atomic E-state index is 13.2. The summed E-state index contributed by atoms with van der Waals surface area (Å²) in [6.45, 7) is -0.214. The van der Waals surface area contributed by atoms with E-state index in [1.165, 1.54) is 7.11 Å². The van der Waals surface area contributed by atoms with Gasteiger partial charge in [0.05, 0.1) is 7.11 Å². The second-order valence-corrected chi connectivity index (χ2v) is 9.96. The molecule has 1 aliphatic heterocycles. The molecule has 1 heterocycles. The molecule has 0 fully saturated rings. The number of ketones is 2. The standard InChI is InChI=1S/C29H29ClN2O5/c1-32-20-5-3-7-22(33)28(20)27(29-21(32)6-4-8-23(29)34)17-9-14-24(25(15-17)36-2)37-16-26(35)31-19-12-10-18(30)11-13-19/h9-15,27H,3-8,16H2,1-2H3,(H,31,35). The SMILES string of the molecule is COc1cc(C2C3=C(CCCC3=O)N(C)C3=C2C(=O)CCC3)ccc1OCC(=O)Nc1ccc(Cl)cc1. The second kappa shape index (κ2) is 10.4. The quantitative estimate of drug-likeness (QED) is 0.548. The molecule has 192 valence electrons. The monoisotopic (exact) mass is 520 g/mol. The number of hydrogen-bond donors (Lipinski definition) is 1. The first-order valence-corrected chi connectivity index (χ1v) is 12.9. The maximum absolute atomic E-state index is 13.2. The number of nitrogens with one attached hydrogen (secondary N) is 1. The summed E-state index contributed by atoms with van der Waals surface area (Å²) in [6.07, 6.45) is 4.25. The number of anilines is 1. The van der Waals surface area contributed by atoms with Gasteiger partial charge >= 0.3 is 0 Å². The van der Waals surface area contributed by atoms with Crippen LogP contribution in [0, 0.1) is 0 Å². The molecule has 0 saturated carbocycles. The maximum Gasteiger partial charge on any atom is 0.262 e. The summed E-state index contributed by atoms with van der Waals surface area (Å²) in [5, 5.41) is 3.34. The lowest BCUT2D eigenvalue weighted by Crippen LogP contribution is -2.37. The van der Waals surface area contributed by atoms with Crippen LogP contribution in [0.25, 0.3) is 0 Å². The first kappa shape index (κ1) is 25.1. The molecule has 5 rings (SSSR count). The number of amides is 1. The van der Waals surface area contributed by atoms with Gasteiger partial charge in [-0.15, -0.1) is 0 Å². The first-order valence-electron chi connectivity index (χ1n) is 12.5. The lowest BCUT2D eigenvalue weighted by atomic mass is 9.71. The molecule has 2 aliphatic carbocycles. The molecule has 0 atom stereocenters. The smallest absolute Gasteiger partial charge is 0.262 e. The van der Waals surface area contributed by atoms with Crippen molar-refractivity contribution in [3.63, 3.8) is 0 Å². The molecular formula is C29H29ClN2O5. The van der Waals surface area contributed by atoms with Gasteiger partial charge < -0.3 is 19.7 Å². The Morgan fingerprint density at radius 3 is 2.16 bits per heavy atom. The van der Waals surface area contributed by atoms with Crippen LogP contribution >= 0.6 is 11.6 Å². The van der Waals surface area contributed by atoms with E-state index in [9.17, 15) is 14.4 Å². The predicted octanol–water partition coefficient (Wildman–Crippen LogP) is 5.41. The van der Waals surface area contributed by atoms with Crippen molar-refractivity contribution in [2.24, 2.45) is 0 Å². The number of carbonyl (C=O) groups excluding carboxylic acids is 3. The molecule has 0 bridgehead atoms. The van der Waals surface area contributed by atoms with E-state index in [-0.39, 0.29) is 24.1 Å². The van der Waals surface area contributed by atoms with E-state index in [4.69, 9.17) is 21.1 Å². The van der Waals surface area contributed by atoms with Crippen molar-refractivity contribution in [1.29, 1.82) is 0 Å². The zero-order valence-electron chi connectivity index (χ0n) is 20.9. The highest BCUT2D eigenvalue weighted by atomic mass is 35.5. The van der Waals surface area contributed by atoms with Gasteiger partial charge in [0.1, 0.15) is 0 Å². The van der Waals surface area contributed by atoms with E-state index in [0.717, 1.165) is 53.8 Å². The van der Waals surface area contributed by atoms with Crippen LogP contribution < -0.4 is 14.8 Å². The second-order valence-electron chi connectivity index (χ2n) is 9.52. The summed E-state index contributed by atoms with van der Waals surface area (Å²) >= 11 is 5.89. The van der Waals surface area contributed by atoms with Crippen LogP contribution in [-0.4, -0.2) is 43.1 Å². The average Bonchev–Trinajstić information content (AvgIpc) is 2.90. The van der Waals surface area contributed by atoms with E-state index < -0.39 is 5.92 Å². The van der Waals surface area contributed by atoms with Crippen molar-refractivity contribution < 1.29 is 23.9 Å². The molecule has 0 saturated heterocycles. The molecule has 0 aromatic heterocycles. The van der Waals surface area contributed by atoms with Crippen molar-refractivity contribution >= 4 is 34.8 Å². The highest BCUT2D eigenvalue weighted by Gasteiger charge is 2.42. The van der Waals surface area contributed by atoms with Crippen LogP contribution in [0.2, 0.25) is 5.02 Å². The largest absolute Gasteiger partial charge is 0.493 e. The number of halogens is 1. The van der Waals surface area contributed by atoms with Gasteiger partial charge in [0.2, 0.25) is 0 Å². The van der Waals surface area contributed by atoms with E-state index in [1.54, 1.807) is 30.3 Å². The zero-order valence-corrected chi connectivity index (χ0v) is 21.7. The molecule has 3 aliphatic rings. The third-order valence-electron chi connectivity index (χ3n) is 7.25. The van der Waals surface area contributed by atoms with Crippen molar-refractivity contribution in [3.05, 3.63) is 75.6 Å². The van der Waals surface area contributed by atoms with E-state index in [0.29, 0.717) is 35.1 Å². The Kier molecular flexibility index (Phi) is 7.07. The van der Waals surface area contributed by atoms with E-state index in [1.807, 2.05) is 19.2 Å². The number of benzene rings is 2. The molecule has 1 N–H and O–H groups in total. The van der Waals surface area contributed by atoms with E-state index >= 15 is 0 Å². The molecule has 0 radical (unpaired) electrons. The number of Topliss-reactive ketones (excluding diaryl/α,β-unsaturated/α-hetero) is 2. The normalized spacial score (nSPS) is 18.0. The lowest BCUT2D eigenvalue weighted by Gasteiger charge is -2.42. The molecule has 37 heavy (non-hydrogen) atoms. The van der Waals surface area contributed by atoms with Crippen LogP contribution in [0.4, 0.5) is 5.69 Å². The van der Waals surface area contributed by atoms with Crippen molar-refractivity contribution in [1.82, 2.24) is 4.90 Å². The molecule has 1 amide bonds. The summed E-state index contributed by atoms with van der Waals surface area (Å²) in [5.41, 5.74) is 4.92. The number of ether oxygens (including phenoxy) is 2. The predicted molar refractivity (Wildman–Crippen MR) is 141 cm³/mol. The number of allylic oxidation sites excluding steroid dienone is 4. The Hall–Kier alpha value is -3.58. The molecule has 0 unspecified atom stereocenters. The number of nitrogens with zero attached hydrogens (tertiary/aromatic N) is 1. The van der Waals surface area contributed by atoms with Gasteiger partial charge in [-0.05, 0) is 67.6 Å². The van der Waals surface area contributed by atoms with Crippen LogP contribution in [0.15, 0.2) is 65.0 Å². The molecule has 2 aromatic carbocycles. The Morgan fingerprint density at radius 1 is 0.946 bits per heavy atom. The molecule has 0 spiro atoms. The topological polar surface area (TPSA) is 84.9 Å². The summed E-state index contributed by atoms with van der Waals surface area (Å²) in [5.74, 6) is 0.291. The van der Waals surface area contributed by atoms with Crippen LogP contribution in [-0.2, 0) is 14.4 Å². The highest BCUT2D eigenvalue weighted by Crippen LogP contribution is 2.49. The summed E-state index contributed by atoms with van der Waals surface area (Å²) < 4.78 is 11.4. The Morgan fingerprint density at radius 2 is 1.57 bits per heavy atom. The lowest BCUT2D eigenvalue weighted by molar-refractivity contribution is -0.118.